The van der Waals surface area contributed by atoms with Gasteiger partial charge in [0, 0.05) is 19.9 Å². The fourth-order valence-corrected chi connectivity index (χ4v) is 8.82. The number of carbonyl (C=O) groups is 4. The van der Waals surface area contributed by atoms with Crippen LogP contribution in [0.3, 0.4) is 0 Å². The Hall–Kier alpha value is -4.22. The first-order valence-electron chi connectivity index (χ1n) is 23.1. The Kier molecular flexibility index (Phi) is 20.6. The van der Waals surface area contributed by atoms with Crippen LogP contribution in [0.2, 0.25) is 25.7 Å². The number of aromatic carboxylic acids is 1. The number of hydrogen-bond donors (Lipinski definition) is 5. The number of aliphatic hydroxyl groups excluding tert-OH is 2. The molecule has 2 aromatic rings. The molecule has 0 spiro atoms. The highest BCUT2D eigenvalue weighted by atomic mass is 28.3. The predicted molar refractivity (Wildman–Crippen MR) is 261 cm³/mol. The van der Waals surface area contributed by atoms with Gasteiger partial charge in [-0.2, -0.15) is 0 Å². The second-order valence-corrected chi connectivity index (χ2v) is 25.9. The Balaban J connectivity index is 0.000000356. The molecule has 2 unspecified atom stereocenters. The van der Waals surface area contributed by atoms with E-state index in [-0.39, 0.29) is 60.0 Å². The standard InChI is InChI=1S/C28H45NO6Si.C23H33NO6/c1-18-15-20(3)25(27(32)33-13-14-36(7,8)9)22(16-18)29-24(31)17-23-26(35-28(5,6)34-23)19(2)11-10-12-21(4)30;1-13-10-15(3)20(22(27)28)17(11-13)24-19(26)12-18-21(30-23(5,6)29-18)14(2)8-7-9-16(4)25/h10-11,15-16,19,21,23,26,30H,12-14,17H2,1-9H3,(H,29,31);7-8,10-11,14,16,18,21,25H,9,12H2,1-6H3,(H,24,26)(H,27,28)/b11-10-;8-7-/t19?,21-,23+,26-;14?,16-,18+,21-/m11/s1. The van der Waals surface area contributed by atoms with Crippen LogP contribution in [0.25, 0.3) is 0 Å². The van der Waals surface area contributed by atoms with Crippen LogP contribution >= 0.6 is 0 Å². The monoisotopic (exact) mass is 939 g/mol. The van der Waals surface area contributed by atoms with Crippen molar-refractivity contribution in [1.82, 2.24) is 0 Å². The molecule has 2 heterocycles. The third-order valence-corrected chi connectivity index (χ3v) is 12.8. The van der Waals surface area contributed by atoms with Gasteiger partial charge in [-0.25, -0.2) is 9.59 Å². The maximum Gasteiger partial charge on any atom is 0.340 e. The predicted octanol–water partition coefficient (Wildman–Crippen LogP) is 9.42. The molecule has 0 aromatic heterocycles. The summed E-state index contributed by atoms with van der Waals surface area (Å²) in [4.78, 5) is 50.5. The summed E-state index contributed by atoms with van der Waals surface area (Å²) in [6.45, 7) is 29.1. The summed E-state index contributed by atoms with van der Waals surface area (Å²) in [5, 5.41) is 34.1. The van der Waals surface area contributed by atoms with E-state index in [9.17, 15) is 34.5 Å². The normalized spacial score (nSPS) is 22.0. The summed E-state index contributed by atoms with van der Waals surface area (Å²) in [6.07, 6.45) is 6.55. The Bertz CT molecular complexity index is 2050. The number of rotatable bonds is 19. The molecule has 15 heteroatoms. The number of carboxylic acids is 1. The summed E-state index contributed by atoms with van der Waals surface area (Å²) < 4.78 is 29.8. The SMILES string of the molecule is Cc1cc(C)c(C(=O)O)c(NC(=O)C[C@@H]2OC(C)(C)O[C@@H]2C(C)/C=C\C[C@@H](C)O)c1.Cc1cc(C)c(C(=O)OCC[Si](C)(C)C)c(NC(=O)C[C@@H]2OC(C)(C)O[C@@H]2C(C)/C=C\C[C@@H](C)O)c1. The number of aryl methyl sites for hydroxylation is 4. The average molecular weight is 939 g/mol. The Morgan fingerprint density at radius 2 is 1.08 bits per heavy atom. The first kappa shape index (κ1) is 56.1. The lowest BCUT2D eigenvalue weighted by molar-refractivity contribution is -0.150. The van der Waals surface area contributed by atoms with Crippen LogP contribution in [0.4, 0.5) is 11.4 Å². The maximum absolute atomic E-state index is 13.1. The van der Waals surface area contributed by atoms with Gasteiger partial charge in [-0.05, 0) is 123 Å². The molecule has 0 radical (unpaired) electrons. The van der Waals surface area contributed by atoms with Crippen LogP contribution in [0.5, 0.6) is 0 Å². The third-order valence-electron chi connectivity index (χ3n) is 11.1. The highest BCUT2D eigenvalue weighted by molar-refractivity contribution is 6.76. The summed E-state index contributed by atoms with van der Waals surface area (Å²) >= 11 is 0. The maximum atomic E-state index is 13.1. The van der Waals surface area contributed by atoms with Gasteiger partial charge in [-0.1, -0.05) is 69.9 Å². The average Bonchev–Trinajstić information content (AvgIpc) is 3.62. The fraction of sp³-hybridized carbons (Fsp3) is 0.608. The number of esters is 1. The van der Waals surface area contributed by atoms with Crippen molar-refractivity contribution < 1.29 is 58.2 Å². The molecule has 2 amide bonds. The van der Waals surface area contributed by atoms with Crippen molar-refractivity contribution in [3.05, 3.63) is 82.0 Å². The van der Waals surface area contributed by atoms with E-state index in [1.807, 2.05) is 78.8 Å². The molecule has 66 heavy (non-hydrogen) atoms. The Morgan fingerprint density at radius 3 is 1.45 bits per heavy atom. The minimum absolute atomic E-state index is 0.0126. The van der Waals surface area contributed by atoms with E-state index in [0.717, 1.165) is 22.7 Å². The first-order valence-corrected chi connectivity index (χ1v) is 26.8. The van der Waals surface area contributed by atoms with Gasteiger partial charge in [0.25, 0.3) is 0 Å². The lowest BCUT2D eigenvalue weighted by Gasteiger charge is -2.21. The number of amides is 2. The van der Waals surface area contributed by atoms with E-state index >= 15 is 0 Å². The third kappa shape index (κ3) is 18.1. The molecule has 0 aliphatic carbocycles. The lowest BCUT2D eigenvalue weighted by Crippen LogP contribution is -2.32. The number of ether oxygens (including phenoxy) is 5. The smallest absolute Gasteiger partial charge is 0.340 e. The summed E-state index contributed by atoms with van der Waals surface area (Å²) in [5.74, 6) is -3.77. The van der Waals surface area contributed by atoms with Crippen molar-refractivity contribution >= 4 is 43.2 Å². The van der Waals surface area contributed by atoms with Crippen LogP contribution in [-0.4, -0.2) is 102 Å². The molecular weight excluding hydrogens is 861 g/mol. The molecule has 5 N–H and O–H groups in total. The minimum Gasteiger partial charge on any atom is -0.478 e. The number of carbonyl (C=O) groups excluding carboxylic acids is 3. The minimum atomic E-state index is -1.34. The Labute approximate surface area is 393 Å². The molecule has 2 aliphatic heterocycles. The van der Waals surface area contributed by atoms with Gasteiger partial charge in [0.05, 0.1) is 78.6 Å². The summed E-state index contributed by atoms with van der Waals surface area (Å²) in [5.41, 5.74) is 4.37. The highest BCUT2D eigenvalue weighted by Crippen LogP contribution is 2.36. The zero-order valence-electron chi connectivity index (χ0n) is 42.0. The second kappa shape index (κ2) is 24.2. The molecule has 8 atom stereocenters. The van der Waals surface area contributed by atoms with Crippen molar-refractivity contribution in [1.29, 1.82) is 0 Å². The zero-order valence-corrected chi connectivity index (χ0v) is 43.0. The molecule has 368 valence electrons. The molecule has 2 fully saturated rings. The van der Waals surface area contributed by atoms with E-state index < -0.39 is 56.0 Å². The van der Waals surface area contributed by atoms with Gasteiger partial charge < -0.3 is 49.6 Å². The fourth-order valence-electron chi connectivity index (χ4n) is 8.11. The molecular formula is C51H78N2O12Si. The number of aliphatic hydroxyl groups is 2. The van der Waals surface area contributed by atoms with Crippen molar-refractivity contribution in [2.45, 2.75) is 183 Å². The largest absolute Gasteiger partial charge is 0.478 e. The number of nitrogens with one attached hydrogen (secondary N) is 2. The highest BCUT2D eigenvalue weighted by Gasteiger charge is 2.45. The van der Waals surface area contributed by atoms with Crippen molar-refractivity contribution in [2.24, 2.45) is 11.8 Å². The summed E-state index contributed by atoms with van der Waals surface area (Å²) in [7, 11) is -1.34. The van der Waals surface area contributed by atoms with Gasteiger partial charge in [-0.15, -0.1) is 0 Å². The van der Waals surface area contributed by atoms with Crippen molar-refractivity contribution in [3.63, 3.8) is 0 Å². The molecule has 2 aliphatic rings. The molecule has 14 nitrogen and oxygen atoms in total. The van der Waals surface area contributed by atoms with Crippen LogP contribution < -0.4 is 10.6 Å². The molecule has 2 saturated heterocycles. The number of benzene rings is 2. The van der Waals surface area contributed by atoms with E-state index in [1.165, 1.54) is 0 Å². The van der Waals surface area contributed by atoms with E-state index in [2.05, 4.69) is 30.3 Å². The van der Waals surface area contributed by atoms with Gasteiger partial charge in [0.2, 0.25) is 11.8 Å². The number of hydrogen-bond acceptors (Lipinski definition) is 11. The lowest BCUT2D eigenvalue weighted by atomic mass is 9.96. The van der Waals surface area contributed by atoms with Gasteiger partial charge in [0.1, 0.15) is 0 Å². The van der Waals surface area contributed by atoms with Crippen molar-refractivity contribution in [2.75, 3.05) is 17.2 Å². The van der Waals surface area contributed by atoms with E-state index in [1.54, 1.807) is 52.8 Å². The molecule has 4 rings (SSSR count). The van der Waals surface area contributed by atoms with Gasteiger partial charge >= 0.3 is 11.9 Å². The summed E-state index contributed by atoms with van der Waals surface area (Å²) in [6, 6.07) is 8.02. The van der Waals surface area contributed by atoms with E-state index in [4.69, 9.17) is 23.7 Å². The van der Waals surface area contributed by atoms with Crippen LogP contribution in [0, 0.1) is 39.5 Å². The number of anilines is 2. The van der Waals surface area contributed by atoms with Gasteiger partial charge in [0.15, 0.2) is 11.6 Å². The number of carboxylic acid groups (broad SMARTS) is 1. The van der Waals surface area contributed by atoms with Crippen LogP contribution in [-0.2, 0) is 33.3 Å². The first-order chi connectivity index (χ1) is 30.5. The molecule has 2 aromatic carbocycles. The van der Waals surface area contributed by atoms with Crippen LogP contribution in [0.1, 0.15) is 124 Å². The zero-order chi connectivity index (χ0) is 49.9. The quantitative estimate of drug-likeness (QED) is 0.0509. The molecule has 0 bridgehead atoms. The van der Waals surface area contributed by atoms with Gasteiger partial charge in [-0.3, -0.25) is 9.59 Å². The second-order valence-electron chi connectivity index (χ2n) is 20.3. The van der Waals surface area contributed by atoms with Crippen molar-refractivity contribution in [3.8, 4) is 0 Å². The topological polar surface area (TPSA) is 199 Å². The van der Waals surface area contributed by atoms with E-state index in [0.29, 0.717) is 36.3 Å². The Morgan fingerprint density at radius 1 is 0.682 bits per heavy atom. The van der Waals surface area contributed by atoms with Crippen LogP contribution in [0.15, 0.2) is 48.6 Å². The molecule has 0 saturated carbocycles.